The van der Waals surface area contributed by atoms with Gasteiger partial charge in [0.05, 0.1) is 0 Å². The van der Waals surface area contributed by atoms with Crippen molar-refractivity contribution < 1.29 is 8.78 Å². The van der Waals surface area contributed by atoms with E-state index in [-0.39, 0.29) is 11.6 Å². The Hall–Kier alpha value is -5.78. The van der Waals surface area contributed by atoms with Crippen molar-refractivity contribution >= 4 is 43.1 Å². The van der Waals surface area contributed by atoms with Crippen LogP contribution in [-0.2, 0) is 0 Å². The van der Waals surface area contributed by atoms with Crippen LogP contribution < -0.4 is 0 Å². The smallest absolute Gasteiger partial charge is 0.123 e. The summed E-state index contributed by atoms with van der Waals surface area (Å²) in [6, 6.07) is 46.7. The third kappa shape index (κ3) is 4.22. The predicted octanol–water partition coefficient (Wildman–Crippen LogP) is 11.3. The van der Waals surface area contributed by atoms with Crippen LogP contribution in [0.2, 0.25) is 0 Å². The Labute approximate surface area is 253 Å². The van der Waals surface area contributed by atoms with Gasteiger partial charge in [0.2, 0.25) is 0 Å². The molecule has 0 radical (unpaired) electrons. The van der Waals surface area contributed by atoms with Crippen molar-refractivity contribution in [1.82, 2.24) is 0 Å². The molecule has 0 aliphatic heterocycles. The van der Waals surface area contributed by atoms with Gasteiger partial charge in [0, 0.05) is 11.1 Å². The lowest BCUT2D eigenvalue weighted by atomic mass is 9.87. The van der Waals surface area contributed by atoms with Crippen LogP contribution in [0.1, 0.15) is 11.1 Å². The highest BCUT2D eigenvalue weighted by Gasteiger charge is 2.16. The molecule has 8 rings (SSSR count). The molecule has 0 aliphatic rings. The van der Waals surface area contributed by atoms with Crippen LogP contribution in [0.3, 0.4) is 0 Å². The third-order valence-electron chi connectivity index (χ3n) is 8.44. The van der Waals surface area contributed by atoms with E-state index in [9.17, 15) is 8.78 Å². The van der Waals surface area contributed by atoms with Gasteiger partial charge in [0.25, 0.3) is 0 Å². The van der Waals surface area contributed by atoms with Crippen LogP contribution in [0.4, 0.5) is 8.78 Å². The van der Waals surface area contributed by atoms with Crippen molar-refractivity contribution in [2.24, 2.45) is 0 Å². The lowest BCUT2D eigenvalue weighted by molar-refractivity contribution is 0.627. The zero-order chi connectivity index (χ0) is 29.6. The average molecular weight is 567 g/mol. The summed E-state index contributed by atoms with van der Waals surface area (Å²) in [5, 5.41) is 8.49. The highest BCUT2D eigenvalue weighted by atomic mass is 19.1. The monoisotopic (exact) mass is 566 g/mol. The molecular formula is C42H24F2. The number of fused-ring (bicyclic) bond motifs is 4. The fourth-order valence-corrected chi connectivity index (χ4v) is 6.51. The quantitative estimate of drug-likeness (QED) is 0.144. The van der Waals surface area contributed by atoms with Crippen LogP contribution in [0.15, 0.2) is 146 Å². The van der Waals surface area contributed by atoms with Gasteiger partial charge in [-0.25, -0.2) is 8.78 Å². The van der Waals surface area contributed by atoms with Gasteiger partial charge >= 0.3 is 0 Å². The summed E-state index contributed by atoms with van der Waals surface area (Å²) in [7, 11) is 0. The summed E-state index contributed by atoms with van der Waals surface area (Å²) in [4.78, 5) is 0. The van der Waals surface area contributed by atoms with E-state index < -0.39 is 0 Å². The second kappa shape index (κ2) is 10.5. The Morgan fingerprint density at radius 2 is 0.545 bits per heavy atom. The minimum atomic E-state index is -0.255. The van der Waals surface area contributed by atoms with Gasteiger partial charge in [-0.1, -0.05) is 133 Å². The highest BCUT2D eigenvalue weighted by molar-refractivity contribution is 6.18. The number of rotatable bonds is 2. The number of hydrogen-bond donors (Lipinski definition) is 0. The maximum Gasteiger partial charge on any atom is 0.123 e. The molecule has 0 saturated carbocycles. The lowest BCUT2D eigenvalue weighted by Gasteiger charge is -2.15. The van der Waals surface area contributed by atoms with Gasteiger partial charge in [-0.05, 0) is 89.6 Å². The number of hydrogen-bond acceptors (Lipinski definition) is 0. The van der Waals surface area contributed by atoms with Gasteiger partial charge in [-0.15, -0.1) is 0 Å². The lowest BCUT2D eigenvalue weighted by Crippen LogP contribution is -1.92. The van der Waals surface area contributed by atoms with Gasteiger partial charge in [-0.3, -0.25) is 0 Å². The molecule has 0 bridgehead atoms. The van der Waals surface area contributed by atoms with Crippen molar-refractivity contribution in [2.75, 3.05) is 0 Å². The first-order chi connectivity index (χ1) is 21.7. The Morgan fingerprint density at radius 1 is 0.295 bits per heavy atom. The minimum absolute atomic E-state index is 0.255. The standard InChI is InChI=1S/C42H24F2/c43-29-21-17-27(18-22-29)41-37-13-5-1-9-31(37)35(32-10-2-6-14-38(32)41)25-26-36-33-11-3-7-15-39(33)42(28-19-23-30(44)24-20-28)40-16-8-4-12-34(36)40/h1-24H. The van der Waals surface area contributed by atoms with Crippen molar-refractivity contribution in [3.05, 3.63) is 168 Å². The summed E-state index contributed by atoms with van der Waals surface area (Å²) in [6.07, 6.45) is 0. The maximum absolute atomic E-state index is 13.9. The van der Waals surface area contributed by atoms with E-state index in [1.807, 2.05) is 72.8 Å². The SMILES string of the molecule is Fc1ccc(-c2c3ccccc3c(C#Cc3c4ccccc4c(-c4ccc(F)cc4)c4ccccc34)c3ccccc23)cc1. The first-order valence-electron chi connectivity index (χ1n) is 14.6. The van der Waals surface area contributed by atoms with Crippen molar-refractivity contribution in [3.8, 4) is 34.1 Å². The molecule has 8 aromatic rings. The number of halogens is 2. The van der Waals surface area contributed by atoms with E-state index in [1.54, 1.807) is 0 Å². The summed E-state index contributed by atoms with van der Waals surface area (Å²) >= 11 is 0. The molecule has 0 fully saturated rings. The van der Waals surface area contributed by atoms with Crippen molar-refractivity contribution in [2.45, 2.75) is 0 Å². The molecule has 0 atom stereocenters. The van der Waals surface area contributed by atoms with Gasteiger partial charge in [0.1, 0.15) is 11.6 Å². The summed E-state index contributed by atoms with van der Waals surface area (Å²) in [5.41, 5.74) is 5.98. The van der Waals surface area contributed by atoms with E-state index in [0.29, 0.717) is 0 Å². The molecule has 0 heterocycles. The van der Waals surface area contributed by atoms with Gasteiger partial charge in [-0.2, -0.15) is 0 Å². The van der Waals surface area contributed by atoms with E-state index >= 15 is 0 Å². The molecule has 44 heavy (non-hydrogen) atoms. The van der Waals surface area contributed by atoms with E-state index in [0.717, 1.165) is 76.5 Å². The van der Waals surface area contributed by atoms with Crippen molar-refractivity contribution in [1.29, 1.82) is 0 Å². The second-order valence-corrected chi connectivity index (χ2v) is 10.9. The Balaban J connectivity index is 1.44. The van der Waals surface area contributed by atoms with E-state index in [2.05, 4.69) is 60.4 Å². The fraction of sp³-hybridized carbons (Fsp3) is 0. The molecule has 0 aliphatic carbocycles. The molecule has 0 amide bonds. The van der Waals surface area contributed by atoms with E-state index in [1.165, 1.54) is 24.3 Å². The largest absolute Gasteiger partial charge is 0.207 e. The van der Waals surface area contributed by atoms with Crippen molar-refractivity contribution in [3.63, 3.8) is 0 Å². The zero-order valence-corrected chi connectivity index (χ0v) is 23.6. The van der Waals surface area contributed by atoms with Gasteiger partial charge in [0.15, 0.2) is 0 Å². The van der Waals surface area contributed by atoms with Crippen LogP contribution in [0, 0.1) is 23.5 Å². The third-order valence-corrected chi connectivity index (χ3v) is 8.44. The molecular weight excluding hydrogens is 542 g/mol. The molecule has 0 saturated heterocycles. The van der Waals surface area contributed by atoms with Crippen LogP contribution in [0.5, 0.6) is 0 Å². The second-order valence-electron chi connectivity index (χ2n) is 10.9. The summed E-state index contributed by atoms with van der Waals surface area (Å²) in [6.45, 7) is 0. The van der Waals surface area contributed by atoms with Crippen LogP contribution in [-0.4, -0.2) is 0 Å². The first-order valence-corrected chi connectivity index (χ1v) is 14.6. The molecule has 2 heteroatoms. The molecule has 0 aromatic heterocycles. The summed E-state index contributed by atoms with van der Waals surface area (Å²) in [5.74, 6) is 6.74. The molecule has 0 spiro atoms. The molecule has 0 nitrogen and oxygen atoms in total. The average Bonchev–Trinajstić information content (AvgIpc) is 3.07. The molecule has 0 N–H and O–H groups in total. The highest BCUT2D eigenvalue weighted by Crippen LogP contribution is 2.41. The van der Waals surface area contributed by atoms with Crippen LogP contribution in [0.25, 0.3) is 65.3 Å². The molecule has 0 unspecified atom stereocenters. The fourth-order valence-electron chi connectivity index (χ4n) is 6.51. The normalized spacial score (nSPS) is 11.2. The molecule has 206 valence electrons. The Kier molecular flexibility index (Phi) is 6.17. The zero-order valence-electron chi connectivity index (χ0n) is 23.6. The topological polar surface area (TPSA) is 0 Å². The minimum Gasteiger partial charge on any atom is -0.207 e. The number of benzene rings is 8. The Bertz CT molecular complexity index is 2160. The summed E-state index contributed by atoms with van der Waals surface area (Å²) < 4.78 is 27.8. The van der Waals surface area contributed by atoms with Gasteiger partial charge < -0.3 is 0 Å². The first kappa shape index (κ1) is 25.9. The maximum atomic E-state index is 13.9. The van der Waals surface area contributed by atoms with Crippen LogP contribution >= 0.6 is 0 Å². The molecule has 8 aromatic carbocycles. The predicted molar refractivity (Wildman–Crippen MR) is 180 cm³/mol. The Morgan fingerprint density at radius 3 is 0.818 bits per heavy atom. The van der Waals surface area contributed by atoms with E-state index in [4.69, 9.17) is 0 Å².